The Hall–Kier alpha value is -5.60. The van der Waals surface area contributed by atoms with Crippen LogP contribution in [-0.4, -0.2) is 0 Å². The van der Waals surface area contributed by atoms with Crippen LogP contribution in [-0.2, 0) is 5.41 Å². The largest absolute Gasteiger partial charge is 0.454 e. The van der Waals surface area contributed by atoms with Gasteiger partial charge in [-0.15, -0.1) is 0 Å². The second kappa shape index (κ2) is 8.24. The molecule has 0 atom stereocenters. The number of hydrogen-bond acceptors (Lipinski definition) is 2. The van der Waals surface area contributed by atoms with E-state index in [1.807, 2.05) is 6.07 Å². The predicted octanol–water partition coefficient (Wildman–Crippen LogP) is 10.8. The van der Waals surface area contributed by atoms with Gasteiger partial charge in [0.05, 0.1) is 11.1 Å². The van der Waals surface area contributed by atoms with Gasteiger partial charge in [0.25, 0.3) is 0 Å². The maximum Gasteiger partial charge on any atom is 0.159 e. The van der Waals surface area contributed by atoms with E-state index in [4.69, 9.17) is 4.42 Å². The van der Waals surface area contributed by atoms with E-state index in [0.29, 0.717) is 0 Å². The SMILES string of the molecule is c1ccc2c(c1)-c1ccccc1C21c2ccccc2-c2cccc(Nc3cc4ccccc4c4c3oc3ccccc34)c21. The van der Waals surface area contributed by atoms with E-state index in [9.17, 15) is 0 Å². The summed E-state index contributed by atoms with van der Waals surface area (Å²) in [6.45, 7) is 0. The fourth-order valence-electron chi connectivity index (χ4n) is 8.07. The average molecular weight is 548 g/mol. The van der Waals surface area contributed by atoms with E-state index in [2.05, 4.69) is 145 Å². The number of rotatable bonds is 2. The van der Waals surface area contributed by atoms with Gasteiger partial charge < -0.3 is 9.73 Å². The third-order valence-electron chi connectivity index (χ3n) is 9.65. The van der Waals surface area contributed by atoms with Crippen LogP contribution in [0.2, 0.25) is 0 Å². The molecule has 0 bridgehead atoms. The molecule has 2 aliphatic rings. The molecule has 8 aromatic rings. The van der Waals surface area contributed by atoms with Crippen molar-refractivity contribution >= 4 is 44.1 Å². The number of benzene rings is 7. The second-order valence-corrected chi connectivity index (χ2v) is 11.7. The van der Waals surface area contributed by atoms with Crippen molar-refractivity contribution in [2.75, 3.05) is 5.32 Å². The Kier molecular flexibility index (Phi) is 4.41. The average Bonchev–Trinajstić information content (AvgIpc) is 3.70. The molecule has 0 saturated carbocycles. The van der Waals surface area contributed by atoms with Crippen LogP contribution in [0.15, 0.2) is 150 Å². The summed E-state index contributed by atoms with van der Waals surface area (Å²) in [6, 6.07) is 52.8. The minimum absolute atomic E-state index is 0.424. The van der Waals surface area contributed by atoms with E-state index in [1.165, 1.54) is 55.3 Å². The lowest BCUT2D eigenvalue weighted by molar-refractivity contribution is 0.670. The van der Waals surface area contributed by atoms with Crippen LogP contribution in [0.5, 0.6) is 0 Å². The Bertz CT molecular complexity index is 2380. The molecule has 0 fully saturated rings. The Morgan fingerprint density at radius 2 is 1.02 bits per heavy atom. The predicted molar refractivity (Wildman–Crippen MR) is 177 cm³/mol. The van der Waals surface area contributed by atoms with Crippen LogP contribution < -0.4 is 5.32 Å². The zero-order valence-corrected chi connectivity index (χ0v) is 23.3. The van der Waals surface area contributed by atoms with Crippen LogP contribution in [0.25, 0.3) is 55.0 Å². The lowest BCUT2D eigenvalue weighted by atomic mass is 9.70. The zero-order valence-electron chi connectivity index (χ0n) is 23.3. The number of nitrogens with one attached hydrogen (secondary N) is 1. The van der Waals surface area contributed by atoms with Crippen molar-refractivity contribution in [2.24, 2.45) is 0 Å². The normalized spacial score (nSPS) is 13.8. The summed E-state index contributed by atoms with van der Waals surface area (Å²) >= 11 is 0. The summed E-state index contributed by atoms with van der Waals surface area (Å²) in [5.74, 6) is 0. The van der Waals surface area contributed by atoms with E-state index in [0.717, 1.165) is 33.3 Å². The molecular weight excluding hydrogens is 522 g/mol. The summed E-state index contributed by atoms with van der Waals surface area (Å²) in [7, 11) is 0. The number of hydrogen-bond donors (Lipinski definition) is 1. The van der Waals surface area contributed by atoms with Crippen LogP contribution in [0.1, 0.15) is 22.3 Å². The van der Waals surface area contributed by atoms with Crippen molar-refractivity contribution in [3.05, 3.63) is 168 Å². The van der Waals surface area contributed by atoms with Gasteiger partial charge in [0.1, 0.15) is 5.58 Å². The molecule has 2 nitrogen and oxygen atoms in total. The molecule has 1 spiro atoms. The summed E-state index contributed by atoms with van der Waals surface area (Å²) in [5.41, 5.74) is 13.9. The van der Waals surface area contributed by atoms with Crippen LogP contribution in [0.4, 0.5) is 11.4 Å². The van der Waals surface area contributed by atoms with Gasteiger partial charge in [0.15, 0.2) is 5.58 Å². The molecule has 0 amide bonds. The minimum atomic E-state index is -0.424. The van der Waals surface area contributed by atoms with Gasteiger partial charge in [-0.25, -0.2) is 0 Å². The molecule has 1 N–H and O–H groups in total. The lowest BCUT2D eigenvalue weighted by Gasteiger charge is -2.32. The molecule has 0 saturated heterocycles. The van der Waals surface area contributed by atoms with Crippen molar-refractivity contribution in [1.29, 1.82) is 0 Å². The summed E-state index contributed by atoms with van der Waals surface area (Å²) in [4.78, 5) is 0. The van der Waals surface area contributed by atoms with Gasteiger partial charge >= 0.3 is 0 Å². The fraction of sp³-hybridized carbons (Fsp3) is 0.0244. The maximum absolute atomic E-state index is 6.61. The monoisotopic (exact) mass is 547 g/mol. The van der Waals surface area contributed by atoms with Crippen molar-refractivity contribution in [3.8, 4) is 22.3 Å². The van der Waals surface area contributed by atoms with Crippen molar-refractivity contribution in [3.63, 3.8) is 0 Å². The molecule has 1 aromatic heterocycles. The van der Waals surface area contributed by atoms with Crippen LogP contribution >= 0.6 is 0 Å². The van der Waals surface area contributed by atoms with Crippen molar-refractivity contribution in [2.45, 2.75) is 5.41 Å². The summed E-state index contributed by atoms with van der Waals surface area (Å²) < 4.78 is 6.61. The maximum atomic E-state index is 6.61. The Morgan fingerprint density at radius 1 is 0.465 bits per heavy atom. The standard InChI is InChI=1S/C41H25NO/c1-2-13-26-25(12-1)24-36(40-38(26)31-17-6-10-23-37(31)43-40)42-35-22-11-18-30-29-16-5-9-21-34(29)41(39(30)35)32-19-7-3-14-27(32)28-15-4-8-20-33(28)41/h1-24,42H. The number of fused-ring (bicyclic) bond motifs is 15. The summed E-state index contributed by atoms with van der Waals surface area (Å²) in [6.07, 6.45) is 0. The molecule has 43 heavy (non-hydrogen) atoms. The van der Waals surface area contributed by atoms with E-state index < -0.39 is 5.41 Å². The topological polar surface area (TPSA) is 25.2 Å². The lowest BCUT2D eigenvalue weighted by Crippen LogP contribution is -2.26. The fourth-order valence-corrected chi connectivity index (χ4v) is 8.07. The van der Waals surface area contributed by atoms with Gasteiger partial charge in [-0.1, -0.05) is 127 Å². The van der Waals surface area contributed by atoms with Gasteiger partial charge in [-0.2, -0.15) is 0 Å². The van der Waals surface area contributed by atoms with Gasteiger partial charge in [0.2, 0.25) is 0 Å². The molecule has 2 aliphatic carbocycles. The first-order valence-electron chi connectivity index (χ1n) is 14.9. The smallest absolute Gasteiger partial charge is 0.159 e. The zero-order chi connectivity index (χ0) is 28.1. The van der Waals surface area contributed by atoms with Crippen LogP contribution in [0.3, 0.4) is 0 Å². The molecule has 0 radical (unpaired) electrons. The first-order valence-corrected chi connectivity index (χ1v) is 14.9. The number of furan rings is 1. The molecule has 7 aromatic carbocycles. The van der Waals surface area contributed by atoms with Crippen molar-refractivity contribution in [1.82, 2.24) is 0 Å². The highest BCUT2D eigenvalue weighted by Crippen LogP contribution is 2.64. The molecule has 0 unspecified atom stereocenters. The molecule has 0 aliphatic heterocycles. The first-order chi connectivity index (χ1) is 21.3. The minimum Gasteiger partial charge on any atom is -0.454 e. The molecule has 1 heterocycles. The Morgan fingerprint density at radius 3 is 1.74 bits per heavy atom. The van der Waals surface area contributed by atoms with Gasteiger partial charge in [0, 0.05) is 22.0 Å². The van der Waals surface area contributed by atoms with E-state index >= 15 is 0 Å². The van der Waals surface area contributed by atoms with Crippen LogP contribution in [0, 0.1) is 0 Å². The molecule has 2 heteroatoms. The Balaban J connectivity index is 1.30. The second-order valence-electron chi connectivity index (χ2n) is 11.7. The van der Waals surface area contributed by atoms with Crippen molar-refractivity contribution < 1.29 is 4.42 Å². The third kappa shape index (κ3) is 2.83. The molecule has 10 rings (SSSR count). The summed E-state index contributed by atoms with van der Waals surface area (Å²) in [5, 5.41) is 8.63. The number of anilines is 2. The Labute approximate surface area is 248 Å². The molecule has 200 valence electrons. The molecular formula is C41H25NO. The van der Waals surface area contributed by atoms with E-state index in [1.54, 1.807) is 0 Å². The third-order valence-corrected chi connectivity index (χ3v) is 9.65. The highest BCUT2D eigenvalue weighted by atomic mass is 16.3. The van der Waals surface area contributed by atoms with E-state index in [-0.39, 0.29) is 0 Å². The van der Waals surface area contributed by atoms with Gasteiger partial charge in [-0.3, -0.25) is 0 Å². The van der Waals surface area contributed by atoms with Gasteiger partial charge in [-0.05, 0) is 67.9 Å². The quantitative estimate of drug-likeness (QED) is 0.233. The highest BCUT2D eigenvalue weighted by Gasteiger charge is 2.52. The number of para-hydroxylation sites is 1. The first kappa shape index (κ1) is 23.0. The highest BCUT2D eigenvalue weighted by molar-refractivity contribution is 6.22.